The van der Waals surface area contributed by atoms with Crippen molar-refractivity contribution in [1.29, 1.82) is 0 Å². The van der Waals surface area contributed by atoms with Crippen LogP contribution in [0.4, 0.5) is 10.1 Å². The number of carbonyl (C=O) groups excluding carboxylic acids is 2. The van der Waals surface area contributed by atoms with Crippen LogP contribution in [0.5, 0.6) is 0 Å². The molecule has 1 unspecified atom stereocenters. The molecule has 1 atom stereocenters. The van der Waals surface area contributed by atoms with Gasteiger partial charge in [0.15, 0.2) is 0 Å². The van der Waals surface area contributed by atoms with E-state index >= 15 is 0 Å². The van der Waals surface area contributed by atoms with Gasteiger partial charge in [0.05, 0.1) is 17.2 Å². The molecule has 9 heteroatoms. The first-order valence-corrected chi connectivity index (χ1v) is 12.9. The number of unbranched alkanes of at least 4 members (excludes halogenated alkanes) is 2. The summed E-state index contributed by atoms with van der Waals surface area (Å²) < 4.78 is 13.9. The Morgan fingerprint density at radius 2 is 1.61 bits per heavy atom. The molecular formula is C29H38FN3O5. The van der Waals surface area contributed by atoms with Crippen LogP contribution in [0, 0.1) is 11.0 Å². The second kappa shape index (κ2) is 14.4. The number of Topliss-reactive ketones (excluding diaryl/α,β-unsaturated/α-hetero) is 1. The first kappa shape index (κ1) is 30.7. The zero-order valence-electron chi connectivity index (χ0n) is 22.2. The fourth-order valence-corrected chi connectivity index (χ4v) is 4.71. The van der Waals surface area contributed by atoms with E-state index in [9.17, 15) is 24.3 Å². The maximum Gasteiger partial charge on any atom is 0.295 e. The molecule has 0 spiro atoms. The van der Waals surface area contributed by atoms with Gasteiger partial charge < -0.3 is 25.6 Å². The van der Waals surface area contributed by atoms with Crippen molar-refractivity contribution in [2.24, 2.45) is 0 Å². The number of hydrogen-bond donors (Lipinski definition) is 1. The minimum Gasteiger partial charge on any atom is -0.619 e. The van der Waals surface area contributed by atoms with E-state index in [0.717, 1.165) is 45.3 Å². The van der Waals surface area contributed by atoms with Crippen molar-refractivity contribution in [3.05, 3.63) is 76.3 Å². The van der Waals surface area contributed by atoms with Crippen molar-refractivity contribution in [2.45, 2.75) is 52.0 Å². The molecule has 1 fully saturated rings. The number of aliphatic hydroxyl groups excluding tert-OH is 1. The Kier molecular flexibility index (Phi) is 11.6. The zero-order chi connectivity index (χ0) is 26.9. The maximum absolute atomic E-state index is 13.5. The van der Waals surface area contributed by atoms with Gasteiger partial charge in [0.1, 0.15) is 18.3 Å². The molecule has 1 heterocycles. The number of rotatable bonds is 13. The van der Waals surface area contributed by atoms with Crippen LogP contribution in [0.3, 0.4) is 0 Å². The van der Waals surface area contributed by atoms with Crippen LogP contribution in [-0.4, -0.2) is 69.7 Å². The normalized spacial score (nSPS) is 16.6. The molecule has 0 aliphatic carbocycles. The van der Waals surface area contributed by atoms with Crippen molar-refractivity contribution >= 4 is 29.9 Å². The topological polar surface area (TPSA) is 118 Å². The first-order valence-electron chi connectivity index (χ1n) is 12.9. The van der Waals surface area contributed by atoms with E-state index in [1.807, 2.05) is 0 Å². The number of likely N-dealkylation sites (tertiary alicyclic amines) is 1. The Labute approximate surface area is 223 Å². The first-order chi connectivity index (χ1) is 17.8. The van der Waals surface area contributed by atoms with Gasteiger partial charge in [-0.05, 0) is 69.2 Å². The summed E-state index contributed by atoms with van der Waals surface area (Å²) in [6.07, 6.45) is 4.98. The number of aliphatic hydroxyl groups is 1. The SMILES string of the molecule is C=[N+]([O-])c1ccccc1C1/C(=C(/O)c2ccc(F)cc2)C(=O)C(=O)N1CCCN(CCCC)CCCC.O. The predicted molar refractivity (Wildman–Crippen MR) is 147 cm³/mol. The molecule has 206 valence electrons. The largest absolute Gasteiger partial charge is 0.619 e. The third-order valence-corrected chi connectivity index (χ3v) is 6.69. The third kappa shape index (κ3) is 7.05. The second-order valence-electron chi connectivity index (χ2n) is 9.34. The molecular weight excluding hydrogens is 489 g/mol. The van der Waals surface area contributed by atoms with Crippen LogP contribution < -0.4 is 0 Å². The van der Waals surface area contributed by atoms with Gasteiger partial charge in [-0.2, -0.15) is 4.74 Å². The van der Waals surface area contributed by atoms with Crippen molar-refractivity contribution in [2.75, 3.05) is 26.2 Å². The van der Waals surface area contributed by atoms with E-state index in [1.54, 1.807) is 24.3 Å². The van der Waals surface area contributed by atoms with E-state index in [4.69, 9.17) is 0 Å². The lowest BCUT2D eigenvalue weighted by Gasteiger charge is -2.28. The van der Waals surface area contributed by atoms with Gasteiger partial charge >= 0.3 is 0 Å². The van der Waals surface area contributed by atoms with Gasteiger partial charge in [0.2, 0.25) is 5.69 Å². The minimum atomic E-state index is -0.973. The highest BCUT2D eigenvalue weighted by Gasteiger charge is 2.47. The number of hydrogen-bond acceptors (Lipinski definition) is 5. The fraction of sp³-hybridized carbons (Fsp3) is 0.414. The zero-order valence-corrected chi connectivity index (χ0v) is 22.2. The molecule has 1 aliphatic rings. The Morgan fingerprint density at radius 3 is 2.18 bits per heavy atom. The molecule has 1 saturated heterocycles. The van der Waals surface area contributed by atoms with Gasteiger partial charge in [-0.1, -0.05) is 38.8 Å². The van der Waals surface area contributed by atoms with E-state index in [-0.39, 0.29) is 28.8 Å². The van der Waals surface area contributed by atoms with Crippen molar-refractivity contribution < 1.29 is 29.3 Å². The molecule has 0 saturated carbocycles. The Morgan fingerprint density at radius 1 is 1.03 bits per heavy atom. The lowest BCUT2D eigenvalue weighted by atomic mass is 9.94. The minimum absolute atomic E-state index is 0. The van der Waals surface area contributed by atoms with Crippen molar-refractivity contribution in [3.8, 4) is 0 Å². The summed E-state index contributed by atoms with van der Waals surface area (Å²) in [7, 11) is 0. The Balaban J connectivity index is 0.00000507. The van der Waals surface area contributed by atoms with Crippen molar-refractivity contribution in [3.63, 3.8) is 0 Å². The summed E-state index contributed by atoms with van der Waals surface area (Å²) in [6, 6.07) is 10.7. The number of nitrogens with zero attached hydrogens (tertiary/aromatic N) is 3. The van der Waals surface area contributed by atoms with Crippen LogP contribution in [0.2, 0.25) is 0 Å². The lowest BCUT2D eigenvalue weighted by Crippen LogP contribution is -2.34. The molecule has 3 rings (SSSR count). The number of ketones is 1. The highest BCUT2D eigenvalue weighted by atomic mass is 19.1. The predicted octanol–water partition coefficient (Wildman–Crippen LogP) is 4.56. The van der Waals surface area contributed by atoms with Crippen molar-refractivity contribution in [1.82, 2.24) is 9.80 Å². The number of carbonyl (C=O) groups is 2. The summed E-state index contributed by atoms with van der Waals surface area (Å²) in [4.78, 5) is 30.3. The molecule has 1 amide bonds. The third-order valence-electron chi connectivity index (χ3n) is 6.69. The molecule has 2 aromatic rings. The lowest BCUT2D eigenvalue weighted by molar-refractivity contribution is -0.350. The molecule has 1 aliphatic heterocycles. The molecule has 0 aromatic heterocycles. The van der Waals surface area contributed by atoms with Crippen LogP contribution >= 0.6 is 0 Å². The van der Waals surface area contributed by atoms with E-state index in [1.165, 1.54) is 29.2 Å². The fourth-order valence-electron chi connectivity index (χ4n) is 4.71. The summed E-state index contributed by atoms with van der Waals surface area (Å²) in [5.41, 5.74) is 0.668. The molecule has 2 aromatic carbocycles. The number of halogens is 1. The number of amides is 1. The van der Waals surface area contributed by atoms with Gasteiger partial charge in [0, 0.05) is 18.2 Å². The van der Waals surface area contributed by atoms with E-state index in [0.29, 0.717) is 16.7 Å². The number of benzene rings is 2. The maximum atomic E-state index is 13.5. The van der Waals surface area contributed by atoms with Crippen LogP contribution in [0.25, 0.3) is 5.76 Å². The van der Waals surface area contributed by atoms with E-state index < -0.39 is 29.3 Å². The summed E-state index contributed by atoms with van der Waals surface area (Å²) in [5, 5.41) is 23.4. The number of para-hydroxylation sites is 1. The summed E-state index contributed by atoms with van der Waals surface area (Å²) in [5.74, 6) is -2.47. The molecule has 38 heavy (non-hydrogen) atoms. The second-order valence-corrected chi connectivity index (χ2v) is 9.34. The average Bonchev–Trinajstić information content (AvgIpc) is 3.14. The van der Waals surface area contributed by atoms with Gasteiger partial charge in [-0.25, -0.2) is 4.39 Å². The average molecular weight is 528 g/mol. The van der Waals surface area contributed by atoms with E-state index in [2.05, 4.69) is 25.5 Å². The van der Waals surface area contributed by atoms with Gasteiger partial charge in [0.25, 0.3) is 11.7 Å². The van der Waals surface area contributed by atoms with Crippen LogP contribution in [-0.2, 0) is 9.59 Å². The summed E-state index contributed by atoms with van der Waals surface area (Å²) in [6.45, 7) is 10.7. The van der Waals surface area contributed by atoms with Crippen LogP contribution in [0.15, 0.2) is 54.1 Å². The molecule has 0 radical (unpaired) electrons. The van der Waals surface area contributed by atoms with Gasteiger partial charge in [-0.15, -0.1) is 0 Å². The Hall–Kier alpha value is -3.56. The highest BCUT2D eigenvalue weighted by Crippen LogP contribution is 2.42. The smallest absolute Gasteiger partial charge is 0.295 e. The Bertz CT molecular complexity index is 1140. The summed E-state index contributed by atoms with van der Waals surface area (Å²) >= 11 is 0. The van der Waals surface area contributed by atoms with Gasteiger partial charge in [-0.3, -0.25) is 9.59 Å². The standard InChI is InChI=1S/C29H36FN3O4.H2O/c1-4-6-17-32(18-7-5-2)19-10-20-33-26(23-11-8-9-12-24(23)31(3)37)25(28(35)29(33)36)27(34)21-13-15-22(30)16-14-21;/h8-9,11-16,26,34H,3-7,10,17-20H2,1-2H3;1H2/b27-25-;. The quantitative estimate of drug-likeness (QED) is 0.0779. The molecule has 8 nitrogen and oxygen atoms in total. The molecule has 0 bridgehead atoms. The molecule has 3 N–H and O–H groups in total. The van der Waals surface area contributed by atoms with Crippen LogP contribution in [0.1, 0.15) is 63.1 Å². The monoisotopic (exact) mass is 527 g/mol. The highest BCUT2D eigenvalue weighted by molar-refractivity contribution is 6.46.